The van der Waals surface area contributed by atoms with E-state index in [1.54, 1.807) is 11.4 Å². The number of carbonyl (C=O) groups is 1. The van der Waals surface area contributed by atoms with Gasteiger partial charge in [-0.2, -0.15) is 0 Å². The summed E-state index contributed by atoms with van der Waals surface area (Å²) >= 11 is 0. The summed E-state index contributed by atoms with van der Waals surface area (Å²) in [5.41, 5.74) is 2.78. The van der Waals surface area contributed by atoms with Crippen LogP contribution in [-0.4, -0.2) is 42.1 Å². The number of halogens is 1. The van der Waals surface area contributed by atoms with Crippen LogP contribution in [0.25, 0.3) is 10.9 Å². The Morgan fingerprint density at radius 2 is 1.90 bits per heavy atom. The van der Waals surface area contributed by atoms with E-state index in [9.17, 15) is 23.4 Å². The van der Waals surface area contributed by atoms with Crippen molar-refractivity contribution >= 4 is 27.6 Å². The van der Waals surface area contributed by atoms with Crippen molar-refractivity contribution in [2.45, 2.75) is 36.7 Å². The highest BCUT2D eigenvalue weighted by atomic mass is 32.3. The van der Waals surface area contributed by atoms with Crippen LogP contribution < -0.4 is 0 Å². The molecule has 3 aromatic rings. The molecule has 0 spiro atoms. The highest BCUT2D eigenvalue weighted by Crippen LogP contribution is 2.52. The maximum absolute atomic E-state index is 13.2. The van der Waals surface area contributed by atoms with Crippen LogP contribution in [-0.2, 0) is 24.2 Å². The van der Waals surface area contributed by atoms with Crippen LogP contribution in [0.1, 0.15) is 17.7 Å². The molecule has 0 amide bonds. The standard InChI is InChI=1S/C21H23FN2O4S/c1-23(29(27,28)16-9-6-14(22)7-10-16)15-8-11-20-18(12-21(25)26)17-4-2-3-5-19(17)24(20)13-15/h2-7,9-10,15,27-28H,8,11-13H2,1H3,(H,25,26)/t15-/m1/s1. The number of nitrogens with zero attached hydrogens (tertiary/aromatic N) is 2. The predicted molar refractivity (Wildman–Crippen MR) is 111 cm³/mol. The van der Waals surface area contributed by atoms with E-state index < -0.39 is 22.6 Å². The van der Waals surface area contributed by atoms with Gasteiger partial charge in [0.2, 0.25) is 0 Å². The maximum Gasteiger partial charge on any atom is 0.307 e. The lowest BCUT2D eigenvalue weighted by molar-refractivity contribution is -0.136. The van der Waals surface area contributed by atoms with Gasteiger partial charge in [-0.15, -0.1) is 10.8 Å². The van der Waals surface area contributed by atoms with Crippen molar-refractivity contribution in [1.29, 1.82) is 0 Å². The fourth-order valence-corrected chi connectivity index (χ4v) is 5.59. The minimum Gasteiger partial charge on any atom is -0.481 e. The summed E-state index contributed by atoms with van der Waals surface area (Å²) in [5.74, 6) is -1.30. The zero-order valence-electron chi connectivity index (χ0n) is 16.0. The van der Waals surface area contributed by atoms with Gasteiger partial charge in [-0.3, -0.25) is 13.9 Å². The average Bonchev–Trinajstić information content (AvgIpc) is 3.00. The van der Waals surface area contributed by atoms with Gasteiger partial charge in [-0.05, 0) is 48.7 Å². The maximum atomic E-state index is 13.2. The molecule has 1 atom stereocenters. The van der Waals surface area contributed by atoms with E-state index in [1.165, 1.54) is 24.3 Å². The molecule has 0 aliphatic carbocycles. The molecule has 0 fully saturated rings. The number of hydrogen-bond acceptors (Lipinski definition) is 4. The summed E-state index contributed by atoms with van der Waals surface area (Å²) < 4.78 is 38.6. The van der Waals surface area contributed by atoms with E-state index in [0.29, 0.717) is 19.4 Å². The van der Waals surface area contributed by atoms with Crippen molar-refractivity contribution in [2.75, 3.05) is 7.05 Å². The molecule has 1 aromatic heterocycles. The van der Waals surface area contributed by atoms with Gasteiger partial charge in [0, 0.05) is 36.2 Å². The van der Waals surface area contributed by atoms with E-state index in [0.717, 1.165) is 22.2 Å². The Balaban J connectivity index is 1.68. The zero-order chi connectivity index (χ0) is 20.8. The average molecular weight is 418 g/mol. The first-order valence-electron chi connectivity index (χ1n) is 9.36. The molecule has 1 aliphatic heterocycles. The molecular formula is C21H23FN2O4S. The van der Waals surface area contributed by atoms with E-state index >= 15 is 0 Å². The van der Waals surface area contributed by atoms with E-state index in [4.69, 9.17) is 0 Å². The number of fused-ring (bicyclic) bond motifs is 3. The normalized spacial score (nSPS) is 17.5. The fraction of sp³-hybridized carbons (Fsp3) is 0.286. The van der Waals surface area contributed by atoms with Crippen LogP contribution in [0.15, 0.2) is 53.4 Å². The minimum absolute atomic E-state index is 0.0336. The largest absolute Gasteiger partial charge is 0.481 e. The number of carboxylic acid groups (broad SMARTS) is 1. The first kappa shape index (κ1) is 19.9. The molecule has 29 heavy (non-hydrogen) atoms. The molecule has 1 aliphatic rings. The second-order valence-corrected chi connectivity index (χ2v) is 9.42. The van der Waals surface area contributed by atoms with Crippen LogP contribution >= 0.6 is 10.8 Å². The molecule has 0 saturated carbocycles. The molecule has 8 heteroatoms. The smallest absolute Gasteiger partial charge is 0.307 e. The van der Waals surface area contributed by atoms with Gasteiger partial charge >= 0.3 is 5.97 Å². The highest BCUT2D eigenvalue weighted by molar-refractivity contribution is 8.22. The van der Waals surface area contributed by atoms with Crippen LogP contribution in [0.2, 0.25) is 0 Å². The number of carboxylic acids is 1. The van der Waals surface area contributed by atoms with Gasteiger partial charge in [-0.1, -0.05) is 18.2 Å². The molecular weight excluding hydrogens is 395 g/mol. The molecule has 154 valence electrons. The van der Waals surface area contributed by atoms with Gasteiger partial charge in [0.05, 0.1) is 11.3 Å². The third-order valence-electron chi connectivity index (χ3n) is 5.68. The van der Waals surface area contributed by atoms with Crippen molar-refractivity contribution in [3.63, 3.8) is 0 Å². The Kier molecular flexibility index (Phi) is 5.12. The quantitative estimate of drug-likeness (QED) is 0.573. The number of benzene rings is 2. The highest BCUT2D eigenvalue weighted by Gasteiger charge is 2.33. The first-order valence-corrected chi connectivity index (χ1v) is 10.9. The number of aromatic nitrogens is 1. The summed E-state index contributed by atoms with van der Waals surface area (Å²) in [6.07, 6.45) is 1.27. The summed E-state index contributed by atoms with van der Waals surface area (Å²) in [6, 6.07) is 12.8. The van der Waals surface area contributed by atoms with Crippen LogP contribution in [0.4, 0.5) is 4.39 Å². The zero-order valence-corrected chi connectivity index (χ0v) is 16.8. The molecule has 2 aromatic carbocycles. The second-order valence-electron chi connectivity index (χ2n) is 7.33. The van der Waals surface area contributed by atoms with E-state index in [2.05, 4.69) is 4.57 Å². The Hall–Kier alpha value is -2.39. The molecule has 4 rings (SSSR count). The van der Waals surface area contributed by atoms with Crippen molar-refractivity contribution < 1.29 is 23.4 Å². The van der Waals surface area contributed by atoms with Gasteiger partial charge in [-0.25, -0.2) is 8.70 Å². The van der Waals surface area contributed by atoms with Gasteiger partial charge in [0.1, 0.15) is 5.82 Å². The van der Waals surface area contributed by atoms with E-state index in [1.807, 2.05) is 24.3 Å². The topological polar surface area (TPSA) is 85.9 Å². The Labute approximate surface area is 169 Å². The van der Waals surface area contributed by atoms with Crippen LogP contribution in [0.3, 0.4) is 0 Å². The Bertz CT molecular complexity index is 1060. The Morgan fingerprint density at radius 3 is 2.59 bits per heavy atom. The summed E-state index contributed by atoms with van der Waals surface area (Å²) in [4.78, 5) is 11.6. The summed E-state index contributed by atoms with van der Waals surface area (Å²) in [7, 11) is -1.60. The third kappa shape index (κ3) is 3.53. The molecule has 0 unspecified atom stereocenters. The van der Waals surface area contributed by atoms with Gasteiger partial charge < -0.3 is 9.67 Å². The lowest BCUT2D eigenvalue weighted by atomic mass is 10.0. The minimum atomic E-state index is -3.26. The van der Waals surface area contributed by atoms with E-state index in [-0.39, 0.29) is 17.4 Å². The van der Waals surface area contributed by atoms with Crippen LogP contribution in [0, 0.1) is 5.82 Å². The SMILES string of the molecule is CN([C@@H]1CCc2c(CC(=O)O)c3ccccc3n2C1)S(O)(O)c1ccc(F)cc1. The van der Waals surface area contributed by atoms with Crippen molar-refractivity contribution in [3.05, 3.63) is 65.6 Å². The first-order chi connectivity index (χ1) is 13.8. The molecule has 0 saturated heterocycles. The molecule has 0 radical (unpaired) electrons. The predicted octanol–water partition coefficient (Wildman–Crippen LogP) is 4.38. The number of hydrogen-bond donors (Lipinski definition) is 3. The molecule has 0 bridgehead atoms. The number of likely N-dealkylation sites (N-methyl/N-ethyl adjacent to an activating group) is 1. The van der Waals surface area contributed by atoms with Gasteiger partial charge in [0.25, 0.3) is 0 Å². The van der Waals surface area contributed by atoms with Crippen molar-refractivity contribution in [2.24, 2.45) is 0 Å². The molecule has 2 heterocycles. The summed E-state index contributed by atoms with van der Waals surface area (Å²) in [6.45, 7) is 0.517. The second kappa shape index (κ2) is 7.46. The van der Waals surface area contributed by atoms with Crippen LogP contribution in [0.5, 0.6) is 0 Å². The van der Waals surface area contributed by atoms with Crippen molar-refractivity contribution in [3.8, 4) is 0 Å². The number of aliphatic carboxylic acids is 1. The van der Waals surface area contributed by atoms with Crippen molar-refractivity contribution in [1.82, 2.24) is 8.87 Å². The molecule has 6 nitrogen and oxygen atoms in total. The number of rotatable bonds is 5. The fourth-order valence-electron chi connectivity index (χ4n) is 4.16. The number of para-hydroxylation sites is 1. The summed E-state index contributed by atoms with van der Waals surface area (Å²) in [5, 5.41) is 10.3. The third-order valence-corrected chi connectivity index (χ3v) is 7.68. The van der Waals surface area contributed by atoms with Gasteiger partial charge in [0.15, 0.2) is 0 Å². The Morgan fingerprint density at radius 1 is 1.21 bits per heavy atom. The lowest BCUT2D eigenvalue weighted by Crippen LogP contribution is -2.40. The molecule has 3 N–H and O–H groups in total. The monoisotopic (exact) mass is 418 g/mol. The lowest BCUT2D eigenvalue weighted by Gasteiger charge is -2.46.